The van der Waals surface area contributed by atoms with Crippen molar-refractivity contribution in [3.05, 3.63) is 29.8 Å². The molecule has 0 N–H and O–H groups in total. The highest BCUT2D eigenvalue weighted by Gasteiger charge is 2.42. The molecule has 1 heterocycles. The van der Waals surface area contributed by atoms with Gasteiger partial charge in [0.25, 0.3) is 0 Å². The average Bonchev–Trinajstić information content (AvgIpc) is 2.48. The first kappa shape index (κ1) is 17.8. The van der Waals surface area contributed by atoms with Crippen LogP contribution in [0.3, 0.4) is 0 Å². The Labute approximate surface area is 134 Å². The zero-order valence-corrected chi connectivity index (χ0v) is 13.9. The first-order valence-corrected chi connectivity index (χ1v) is 8.95. The lowest BCUT2D eigenvalue weighted by Crippen LogP contribution is -2.57. The number of piperazine rings is 1. The molecule has 2 rings (SSSR count). The minimum absolute atomic E-state index is 0.0206. The normalized spacial score (nSPS) is 20.1. The van der Waals surface area contributed by atoms with Gasteiger partial charge in [0.15, 0.2) is 4.90 Å². The van der Waals surface area contributed by atoms with Crippen molar-refractivity contribution in [2.45, 2.75) is 37.1 Å². The van der Waals surface area contributed by atoms with E-state index >= 15 is 0 Å². The number of amides is 1. The van der Waals surface area contributed by atoms with E-state index in [0.29, 0.717) is 12.8 Å². The summed E-state index contributed by atoms with van der Waals surface area (Å²) < 4.78 is 54.2. The van der Waals surface area contributed by atoms with Crippen molar-refractivity contribution in [2.75, 3.05) is 20.1 Å². The van der Waals surface area contributed by atoms with Crippen molar-refractivity contribution < 1.29 is 22.0 Å². The molecule has 1 aliphatic rings. The standard InChI is InChI=1S/C15H20F2N2O3S/c1-3-4-8-13-15(20)18(2)9-10-19(13)23(21,22)14-11(16)6-5-7-12(14)17/h5-7,13H,3-4,8-10H2,1-2H3/t13-/m0/s1. The van der Waals surface area contributed by atoms with E-state index in [2.05, 4.69) is 0 Å². The zero-order chi connectivity index (χ0) is 17.2. The van der Waals surface area contributed by atoms with E-state index < -0.39 is 32.6 Å². The highest BCUT2D eigenvalue weighted by atomic mass is 32.2. The number of hydrogen-bond acceptors (Lipinski definition) is 3. The lowest BCUT2D eigenvalue weighted by molar-refractivity contribution is -0.137. The maximum Gasteiger partial charge on any atom is 0.249 e. The van der Waals surface area contributed by atoms with Gasteiger partial charge in [0.2, 0.25) is 15.9 Å². The molecule has 0 radical (unpaired) electrons. The number of carbonyl (C=O) groups is 1. The van der Waals surface area contributed by atoms with E-state index in [9.17, 15) is 22.0 Å². The minimum atomic E-state index is -4.42. The van der Waals surface area contributed by atoms with E-state index in [4.69, 9.17) is 0 Å². The molecule has 1 aliphatic heterocycles. The van der Waals surface area contributed by atoms with Crippen molar-refractivity contribution in [3.8, 4) is 0 Å². The minimum Gasteiger partial charge on any atom is -0.343 e. The first-order chi connectivity index (χ1) is 10.8. The number of likely N-dealkylation sites (N-methyl/N-ethyl adjacent to an activating group) is 1. The Hall–Kier alpha value is -1.54. The van der Waals surface area contributed by atoms with Crippen LogP contribution in [-0.4, -0.2) is 49.7 Å². The molecule has 0 saturated carbocycles. The maximum absolute atomic E-state index is 13.9. The van der Waals surface area contributed by atoms with Gasteiger partial charge in [-0.05, 0) is 18.6 Å². The van der Waals surface area contributed by atoms with Gasteiger partial charge in [-0.1, -0.05) is 25.8 Å². The van der Waals surface area contributed by atoms with E-state index in [-0.39, 0.29) is 19.0 Å². The number of rotatable bonds is 5. The summed E-state index contributed by atoms with van der Waals surface area (Å²) in [7, 11) is -2.83. The second-order valence-corrected chi connectivity index (χ2v) is 7.41. The van der Waals surface area contributed by atoms with Crippen molar-refractivity contribution in [3.63, 3.8) is 0 Å². The van der Waals surface area contributed by atoms with Gasteiger partial charge in [-0.2, -0.15) is 4.31 Å². The third kappa shape index (κ3) is 3.37. The van der Waals surface area contributed by atoms with E-state index in [1.54, 1.807) is 7.05 Å². The number of benzene rings is 1. The van der Waals surface area contributed by atoms with Crippen molar-refractivity contribution >= 4 is 15.9 Å². The summed E-state index contributed by atoms with van der Waals surface area (Å²) in [4.78, 5) is 12.8. The first-order valence-electron chi connectivity index (χ1n) is 7.51. The summed E-state index contributed by atoms with van der Waals surface area (Å²) in [6.45, 7) is 2.13. The van der Waals surface area contributed by atoms with Crippen LogP contribution in [-0.2, 0) is 14.8 Å². The molecule has 1 aromatic rings. The molecule has 0 bridgehead atoms. The van der Waals surface area contributed by atoms with Crippen LogP contribution in [0.15, 0.2) is 23.1 Å². The van der Waals surface area contributed by atoms with Crippen LogP contribution in [0.2, 0.25) is 0 Å². The van der Waals surface area contributed by atoms with Crippen LogP contribution in [0.5, 0.6) is 0 Å². The topological polar surface area (TPSA) is 57.7 Å². The van der Waals surface area contributed by atoms with Crippen LogP contribution < -0.4 is 0 Å². The second kappa shape index (κ2) is 6.92. The van der Waals surface area contributed by atoms with Crippen LogP contribution in [0.25, 0.3) is 0 Å². The van der Waals surface area contributed by atoms with Gasteiger partial charge in [0, 0.05) is 20.1 Å². The quantitative estimate of drug-likeness (QED) is 0.819. The molecule has 0 spiro atoms. The van der Waals surface area contributed by atoms with Gasteiger partial charge in [-0.25, -0.2) is 17.2 Å². The third-order valence-corrected chi connectivity index (χ3v) is 5.94. The average molecular weight is 346 g/mol. The molecule has 1 saturated heterocycles. The van der Waals surface area contributed by atoms with Crippen LogP contribution in [0.1, 0.15) is 26.2 Å². The van der Waals surface area contributed by atoms with E-state index in [1.165, 1.54) is 4.90 Å². The van der Waals surface area contributed by atoms with Crippen molar-refractivity contribution in [2.24, 2.45) is 0 Å². The number of halogens is 2. The van der Waals surface area contributed by atoms with Gasteiger partial charge in [-0.3, -0.25) is 4.79 Å². The fourth-order valence-corrected chi connectivity index (χ4v) is 4.41. The molecule has 0 unspecified atom stereocenters. The van der Waals surface area contributed by atoms with Crippen LogP contribution >= 0.6 is 0 Å². The monoisotopic (exact) mass is 346 g/mol. The fourth-order valence-electron chi connectivity index (χ4n) is 2.69. The molecule has 1 atom stereocenters. The molecule has 1 aromatic carbocycles. The smallest absolute Gasteiger partial charge is 0.249 e. The Bertz CT molecular complexity index is 674. The van der Waals surface area contributed by atoms with Crippen molar-refractivity contribution in [1.29, 1.82) is 0 Å². The number of nitrogens with zero attached hydrogens (tertiary/aromatic N) is 2. The fraction of sp³-hybridized carbons (Fsp3) is 0.533. The Morgan fingerprint density at radius 1 is 1.22 bits per heavy atom. The van der Waals surface area contributed by atoms with Gasteiger partial charge in [-0.15, -0.1) is 0 Å². The Kier molecular flexibility index (Phi) is 5.36. The molecule has 5 nitrogen and oxygen atoms in total. The SMILES string of the molecule is CCCC[C@H]1C(=O)N(C)CCN1S(=O)(=O)c1c(F)cccc1F. The highest BCUT2D eigenvalue weighted by molar-refractivity contribution is 7.89. The predicted molar refractivity (Wildman–Crippen MR) is 81.2 cm³/mol. The third-order valence-electron chi connectivity index (χ3n) is 3.98. The summed E-state index contributed by atoms with van der Waals surface area (Å²) in [6, 6.07) is 1.98. The summed E-state index contributed by atoms with van der Waals surface area (Å²) in [5.41, 5.74) is 0. The van der Waals surface area contributed by atoms with Crippen molar-refractivity contribution in [1.82, 2.24) is 9.21 Å². The lowest BCUT2D eigenvalue weighted by atomic mass is 10.1. The highest BCUT2D eigenvalue weighted by Crippen LogP contribution is 2.28. The van der Waals surface area contributed by atoms with Crippen LogP contribution in [0.4, 0.5) is 8.78 Å². The lowest BCUT2D eigenvalue weighted by Gasteiger charge is -2.38. The van der Waals surface area contributed by atoms with Gasteiger partial charge in [0.05, 0.1) is 0 Å². The molecule has 23 heavy (non-hydrogen) atoms. The second-order valence-electron chi connectivity index (χ2n) is 5.58. The molecule has 1 amide bonds. The Morgan fingerprint density at radius 3 is 2.39 bits per heavy atom. The summed E-state index contributed by atoms with van der Waals surface area (Å²) in [6.07, 6.45) is 1.76. The van der Waals surface area contributed by atoms with Gasteiger partial charge < -0.3 is 4.90 Å². The number of hydrogen-bond donors (Lipinski definition) is 0. The summed E-state index contributed by atoms with van der Waals surface area (Å²) >= 11 is 0. The summed E-state index contributed by atoms with van der Waals surface area (Å²) in [5, 5.41) is 0. The molecular formula is C15H20F2N2O3S. The predicted octanol–water partition coefficient (Wildman–Crippen LogP) is 1.99. The molecule has 1 fully saturated rings. The van der Waals surface area contributed by atoms with E-state index in [0.717, 1.165) is 28.9 Å². The largest absolute Gasteiger partial charge is 0.343 e. The molecule has 8 heteroatoms. The molecular weight excluding hydrogens is 326 g/mol. The van der Waals surface area contributed by atoms with Crippen LogP contribution in [0, 0.1) is 11.6 Å². The number of sulfonamides is 1. The zero-order valence-electron chi connectivity index (χ0n) is 13.1. The molecule has 128 valence electrons. The van der Waals surface area contributed by atoms with Gasteiger partial charge >= 0.3 is 0 Å². The van der Waals surface area contributed by atoms with Gasteiger partial charge in [0.1, 0.15) is 17.7 Å². The Morgan fingerprint density at radius 2 is 1.83 bits per heavy atom. The number of unbranched alkanes of at least 4 members (excludes halogenated alkanes) is 1. The molecule has 0 aliphatic carbocycles. The number of carbonyl (C=O) groups excluding carboxylic acids is 1. The molecule has 0 aromatic heterocycles. The maximum atomic E-state index is 13.9. The Balaban J connectivity index is 2.45. The van der Waals surface area contributed by atoms with E-state index in [1.807, 2.05) is 6.92 Å². The summed E-state index contributed by atoms with van der Waals surface area (Å²) in [5.74, 6) is -2.64.